The van der Waals surface area contributed by atoms with E-state index >= 15 is 0 Å². The summed E-state index contributed by atoms with van der Waals surface area (Å²) in [6.07, 6.45) is 0. The third-order valence-corrected chi connectivity index (χ3v) is 5.24. The molecule has 1 aliphatic heterocycles. The van der Waals surface area contributed by atoms with E-state index in [9.17, 15) is 9.59 Å². The lowest BCUT2D eigenvalue weighted by Crippen LogP contribution is -2.47. The summed E-state index contributed by atoms with van der Waals surface area (Å²) in [6, 6.07) is 12.9. The monoisotopic (exact) mass is 463 g/mol. The second-order valence-electron chi connectivity index (χ2n) is 6.61. The van der Waals surface area contributed by atoms with Crippen LogP contribution in [0.2, 0.25) is 0 Å². The van der Waals surface area contributed by atoms with Crippen molar-refractivity contribution >= 4 is 40.1 Å². The molecule has 0 aromatic heterocycles. The van der Waals surface area contributed by atoms with Crippen molar-refractivity contribution in [3.05, 3.63) is 62.7 Å². The van der Waals surface area contributed by atoms with Crippen molar-refractivity contribution < 1.29 is 9.59 Å². The van der Waals surface area contributed by atoms with E-state index in [1.807, 2.05) is 36.1 Å². The van der Waals surface area contributed by atoms with Gasteiger partial charge in [-0.15, -0.1) is 0 Å². The molecule has 0 radical (unpaired) electrons. The Hall–Kier alpha value is -1.93. The van der Waals surface area contributed by atoms with Crippen LogP contribution in [0.25, 0.3) is 0 Å². The van der Waals surface area contributed by atoms with Crippen molar-refractivity contribution in [1.29, 1.82) is 0 Å². The molecule has 136 valence electrons. The first-order valence-electron chi connectivity index (χ1n) is 8.59. The van der Waals surface area contributed by atoms with E-state index in [4.69, 9.17) is 0 Å². The number of piperazine rings is 1. The number of carbonyl (C=O) groups is 2. The second-order valence-corrected chi connectivity index (χ2v) is 7.85. The molecule has 1 aliphatic rings. The van der Waals surface area contributed by atoms with Crippen LogP contribution in [0.1, 0.15) is 26.3 Å². The van der Waals surface area contributed by atoms with Crippen LogP contribution in [-0.4, -0.2) is 54.8 Å². The molecule has 2 aromatic rings. The standard InChI is InChI=1S/C20H22IN3O2/c1-14-3-5-15(6-4-14)19(25)22-18-8-7-16(21)13-17(18)20(26)24-11-9-23(2)10-12-24/h3-8,13H,9-12H2,1-2H3,(H,22,25). The zero-order valence-electron chi connectivity index (χ0n) is 15.0. The highest BCUT2D eigenvalue weighted by Gasteiger charge is 2.23. The van der Waals surface area contributed by atoms with Gasteiger partial charge in [0.05, 0.1) is 11.3 Å². The van der Waals surface area contributed by atoms with Crippen molar-refractivity contribution in [2.24, 2.45) is 0 Å². The van der Waals surface area contributed by atoms with Gasteiger partial charge in [-0.3, -0.25) is 9.59 Å². The first kappa shape index (κ1) is 18.8. The summed E-state index contributed by atoms with van der Waals surface area (Å²) in [5, 5.41) is 2.90. The quantitative estimate of drug-likeness (QED) is 0.712. The van der Waals surface area contributed by atoms with Crippen molar-refractivity contribution in [3.8, 4) is 0 Å². The number of benzene rings is 2. The number of carbonyl (C=O) groups excluding carboxylic acids is 2. The van der Waals surface area contributed by atoms with Crippen LogP contribution in [-0.2, 0) is 0 Å². The van der Waals surface area contributed by atoms with Crippen molar-refractivity contribution in [3.63, 3.8) is 0 Å². The number of halogens is 1. The molecule has 26 heavy (non-hydrogen) atoms. The van der Waals surface area contributed by atoms with Crippen LogP contribution in [0, 0.1) is 10.5 Å². The van der Waals surface area contributed by atoms with E-state index in [0.29, 0.717) is 29.9 Å². The van der Waals surface area contributed by atoms with E-state index in [-0.39, 0.29) is 11.8 Å². The Balaban J connectivity index is 1.82. The lowest BCUT2D eigenvalue weighted by Gasteiger charge is -2.32. The van der Waals surface area contributed by atoms with Gasteiger partial charge < -0.3 is 15.1 Å². The average molecular weight is 463 g/mol. The molecule has 6 heteroatoms. The fourth-order valence-corrected chi connectivity index (χ4v) is 3.37. The number of aryl methyl sites for hydroxylation is 1. The van der Waals surface area contributed by atoms with E-state index in [0.717, 1.165) is 22.2 Å². The molecule has 0 saturated carbocycles. The number of amides is 2. The second kappa shape index (κ2) is 8.18. The van der Waals surface area contributed by atoms with Gasteiger partial charge in [0.1, 0.15) is 0 Å². The number of hydrogen-bond acceptors (Lipinski definition) is 3. The minimum absolute atomic E-state index is 0.0316. The van der Waals surface area contributed by atoms with E-state index in [1.165, 1.54) is 0 Å². The largest absolute Gasteiger partial charge is 0.336 e. The van der Waals surface area contributed by atoms with Crippen LogP contribution in [0.5, 0.6) is 0 Å². The SMILES string of the molecule is Cc1ccc(C(=O)Nc2ccc(I)cc2C(=O)N2CCN(C)CC2)cc1. The number of hydrogen-bond donors (Lipinski definition) is 1. The maximum absolute atomic E-state index is 13.0. The third-order valence-electron chi connectivity index (χ3n) is 4.56. The van der Waals surface area contributed by atoms with E-state index < -0.39 is 0 Å². The first-order valence-corrected chi connectivity index (χ1v) is 9.67. The van der Waals surface area contributed by atoms with Gasteiger partial charge in [0.2, 0.25) is 0 Å². The lowest BCUT2D eigenvalue weighted by molar-refractivity contribution is 0.0665. The fraction of sp³-hybridized carbons (Fsp3) is 0.300. The van der Waals surface area contributed by atoms with E-state index in [1.54, 1.807) is 18.2 Å². The topological polar surface area (TPSA) is 52.7 Å². The smallest absolute Gasteiger partial charge is 0.256 e. The van der Waals surface area contributed by atoms with Crippen LogP contribution in [0.15, 0.2) is 42.5 Å². The molecule has 0 bridgehead atoms. The number of anilines is 1. The molecule has 1 saturated heterocycles. The zero-order chi connectivity index (χ0) is 18.7. The fourth-order valence-electron chi connectivity index (χ4n) is 2.88. The highest BCUT2D eigenvalue weighted by Crippen LogP contribution is 2.22. The molecule has 1 N–H and O–H groups in total. The number of nitrogens with zero attached hydrogens (tertiary/aromatic N) is 2. The summed E-state index contributed by atoms with van der Waals surface area (Å²) in [5.74, 6) is -0.241. The predicted octanol–water partition coefficient (Wildman–Crippen LogP) is 3.24. The first-order chi connectivity index (χ1) is 12.4. The van der Waals surface area contributed by atoms with Gasteiger partial charge in [0.25, 0.3) is 11.8 Å². The summed E-state index contributed by atoms with van der Waals surface area (Å²) in [7, 11) is 2.06. The molecule has 0 aliphatic carbocycles. The van der Waals surface area contributed by atoms with Crippen LogP contribution in [0.4, 0.5) is 5.69 Å². The molecule has 1 fully saturated rings. The molecule has 2 aromatic carbocycles. The van der Waals surface area contributed by atoms with E-state index in [2.05, 4.69) is 39.9 Å². The van der Waals surface area contributed by atoms with Crippen molar-refractivity contribution in [2.45, 2.75) is 6.92 Å². The molecule has 0 unspecified atom stereocenters. The summed E-state index contributed by atoms with van der Waals surface area (Å²) in [5.41, 5.74) is 2.77. The van der Waals surface area contributed by atoms with Crippen LogP contribution >= 0.6 is 22.6 Å². The maximum Gasteiger partial charge on any atom is 0.256 e. The summed E-state index contributed by atoms with van der Waals surface area (Å²) >= 11 is 2.19. The molecular weight excluding hydrogens is 441 g/mol. The Morgan fingerprint density at radius 3 is 2.31 bits per heavy atom. The van der Waals surface area contributed by atoms with Gasteiger partial charge in [-0.1, -0.05) is 17.7 Å². The summed E-state index contributed by atoms with van der Waals surface area (Å²) < 4.78 is 0.966. The Kier molecular flexibility index (Phi) is 5.93. The van der Waals surface area contributed by atoms with Crippen molar-refractivity contribution in [2.75, 3.05) is 38.5 Å². The number of likely N-dealkylation sites (N-methyl/N-ethyl adjacent to an activating group) is 1. The minimum Gasteiger partial charge on any atom is -0.336 e. The molecular formula is C20H22IN3O2. The average Bonchev–Trinajstić information content (AvgIpc) is 2.63. The maximum atomic E-state index is 13.0. The number of rotatable bonds is 3. The Morgan fingerprint density at radius 1 is 1.00 bits per heavy atom. The van der Waals surface area contributed by atoms with Gasteiger partial charge >= 0.3 is 0 Å². The Bertz CT molecular complexity index is 812. The van der Waals surface area contributed by atoms with Crippen LogP contribution in [0.3, 0.4) is 0 Å². The predicted molar refractivity (Wildman–Crippen MR) is 112 cm³/mol. The van der Waals surface area contributed by atoms with Gasteiger partial charge in [0.15, 0.2) is 0 Å². The Morgan fingerprint density at radius 2 is 1.65 bits per heavy atom. The molecule has 0 atom stereocenters. The highest BCUT2D eigenvalue weighted by atomic mass is 127. The zero-order valence-corrected chi connectivity index (χ0v) is 17.1. The lowest BCUT2D eigenvalue weighted by atomic mass is 10.1. The Labute approximate surface area is 167 Å². The molecule has 5 nitrogen and oxygen atoms in total. The molecule has 0 spiro atoms. The third kappa shape index (κ3) is 4.42. The molecule has 1 heterocycles. The number of nitrogens with one attached hydrogen (secondary N) is 1. The normalized spacial score (nSPS) is 15.0. The molecule has 3 rings (SSSR count). The van der Waals surface area contributed by atoms with Gasteiger partial charge in [-0.05, 0) is 66.9 Å². The van der Waals surface area contributed by atoms with Gasteiger partial charge in [0, 0.05) is 35.3 Å². The highest BCUT2D eigenvalue weighted by molar-refractivity contribution is 14.1. The molecule has 2 amide bonds. The van der Waals surface area contributed by atoms with Gasteiger partial charge in [-0.25, -0.2) is 0 Å². The van der Waals surface area contributed by atoms with Gasteiger partial charge in [-0.2, -0.15) is 0 Å². The summed E-state index contributed by atoms with van der Waals surface area (Å²) in [6.45, 7) is 5.10. The minimum atomic E-state index is -0.210. The van der Waals surface area contributed by atoms with Crippen LogP contribution < -0.4 is 5.32 Å². The van der Waals surface area contributed by atoms with Crippen molar-refractivity contribution in [1.82, 2.24) is 9.80 Å². The summed E-state index contributed by atoms with van der Waals surface area (Å²) in [4.78, 5) is 29.6.